The molecular weight excluding hydrogens is 274 g/mol. The van der Waals surface area contributed by atoms with E-state index in [9.17, 15) is 14.4 Å². The molecule has 2 amide bonds. The zero-order chi connectivity index (χ0) is 15.7. The average molecular weight is 293 g/mol. The molecule has 0 bridgehead atoms. The second-order valence-electron chi connectivity index (χ2n) is 4.19. The maximum Gasteiger partial charge on any atom is 0.307 e. The second kappa shape index (κ2) is 8.70. The highest BCUT2D eigenvalue weighted by atomic mass is 16.5. The number of para-hydroxylation sites is 1. The van der Waals surface area contributed by atoms with Gasteiger partial charge in [-0.05, 0) is 19.1 Å². The zero-order valence-electron chi connectivity index (χ0n) is 11.8. The smallest absolute Gasteiger partial charge is 0.307 e. The Morgan fingerprint density at radius 2 is 1.95 bits per heavy atom. The number of rotatable bonds is 8. The Morgan fingerprint density at radius 3 is 2.62 bits per heavy atom. The van der Waals surface area contributed by atoms with Crippen molar-refractivity contribution < 1.29 is 19.1 Å². The molecule has 0 spiro atoms. The van der Waals surface area contributed by atoms with Crippen molar-refractivity contribution in [3.05, 3.63) is 29.8 Å². The largest absolute Gasteiger partial charge is 0.466 e. The lowest BCUT2D eigenvalue weighted by molar-refractivity contribution is -0.143. The topological polar surface area (TPSA) is 111 Å². The first-order valence-electron chi connectivity index (χ1n) is 6.59. The van der Waals surface area contributed by atoms with Gasteiger partial charge in [-0.3, -0.25) is 14.4 Å². The van der Waals surface area contributed by atoms with Crippen molar-refractivity contribution in [3.63, 3.8) is 0 Å². The first-order chi connectivity index (χ1) is 10.0. The van der Waals surface area contributed by atoms with Crippen molar-refractivity contribution in [1.29, 1.82) is 0 Å². The number of hydrogen-bond acceptors (Lipinski definition) is 5. The maximum atomic E-state index is 11.7. The summed E-state index contributed by atoms with van der Waals surface area (Å²) >= 11 is 0. The Hall–Kier alpha value is -2.41. The fraction of sp³-hybridized carbons (Fsp3) is 0.357. The molecular formula is C14H19N3O4. The van der Waals surface area contributed by atoms with Crippen LogP contribution in [-0.2, 0) is 14.3 Å². The molecule has 7 heteroatoms. The molecule has 1 rings (SSSR count). The lowest BCUT2D eigenvalue weighted by Gasteiger charge is -2.09. The summed E-state index contributed by atoms with van der Waals surface area (Å²) in [5.74, 6) is -1.25. The summed E-state index contributed by atoms with van der Waals surface area (Å²) in [4.78, 5) is 34.0. The van der Waals surface area contributed by atoms with E-state index in [1.165, 1.54) is 6.07 Å². The molecule has 0 aromatic heterocycles. The summed E-state index contributed by atoms with van der Waals surface area (Å²) in [6.07, 6.45) is 0.193. The number of amides is 2. The molecule has 21 heavy (non-hydrogen) atoms. The number of benzene rings is 1. The molecule has 1 aromatic carbocycles. The zero-order valence-corrected chi connectivity index (χ0v) is 11.8. The summed E-state index contributed by atoms with van der Waals surface area (Å²) in [5.41, 5.74) is 5.83. The number of nitrogens with one attached hydrogen (secondary N) is 2. The monoisotopic (exact) mass is 293 g/mol. The van der Waals surface area contributed by atoms with E-state index in [1.54, 1.807) is 25.1 Å². The molecule has 0 saturated carbocycles. The van der Waals surface area contributed by atoms with Gasteiger partial charge in [-0.15, -0.1) is 0 Å². The van der Waals surface area contributed by atoms with E-state index in [4.69, 9.17) is 10.5 Å². The third kappa shape index (κ3) is 6.05. The van der Waals surface area contributed by atoms with Gasteiger partial charge in [-0.2, -0.15) is 0 Å². The molecule has 0 fully saturated rings. The predicted octanol–water partition coefficient (Wildman–Crippen LogP) is 0.267. The molecule has 0 unspecified atom stereocenters. The lowest BCUT2D eigenvalue weighted by Crippen LogP contribution is -2.30. The summed E-state index contributed by atoms with van der Waals surface area (Å²) in [6, 6.07) is 6.48. The molecule has 0 aliphatic heterocycles. The standard InChI is InChI=1S/C14H19N3O4/c1-2-21-13(19)7-8-16-9-12(18)17-11-6-4-3-5-10(11)14(15)20/h3-6,16H,2,7-9H2,1H3,(H2,15,20)(H,17,18). The van der Waals surface area contributed by atoms with Crippen LogP contribution in [0.2, 0.25) is 0 Å². The summed E-state index contributed by atoms with van der Waals surface area (Å²) in [7, 11) is 0. The Morgan fingerprint density at radius 1 is 1.24 bits per heavy atom. The summed E-state index contributed by atoms with van der Waals surface area (Å²) in [5, 5.41) is 5.40. The summed E-state index contributed by atoms with van der Waals surface area (Å²) < 4.78 is 4.76. The highest BCUT2D eigenvalue weighted by Gasteiger charge is 2.10. The van der Waals surface area contributed by atoms with Gasteiger partial charge in [0.1, 0.15) is 0 Å². The van der Waals surface area contributed by atoms with Crippen LogP contribution in [0.4, 0.5) is 5.69 Å². The number of carbonyl (C=O) groups is 3. The van der Waals surface area contributed by atoms with Crippen LogP contribution in [0, 0.1) is 0 Å². The van der Waals surface area contributed by atoms with E-state index in [0.29, 0.717) is 18.8 Å². The average Bonchev–Trinajstić information content (AvgIpc) is 2.44. The van der Waals surface area contributed by atoms with Crippen molar-refractivity contribution in [2.45, 2.75) is 13.3 Å². The van der Waals surface area contributed by atoms with E-state index in [1.807, 2.05) is 0 Å². The van der Waals surface area contributed by atoms with Crippen LogP contribution in [0.1, 0.15) is 23.7 Å². The van der Waals surface area contributed by atoms with E-state index < -0.39 is 5.91 Å². The molecule has 0 heterocycles. The van der Waals surface area contributed by atoms with Gasteiger partial charge in [-0.25, -0.2) is 0 Å². The fourth-order valence-electron chi connectivity index (χ4n) is 1.63. The van der Waals surface area contributed by atoms with E-state index in [2.05, 4.69) is 10.6 Å². The number of carbonyl (C=O) groups excluding carboxylic acids is 3. The van der Waals surface area contributed by atoms with Gasteiger partial charge in [0, 0.05) is 6.54 Å². The fourth-order valence-corrected chi connectivity index (χ4v) is 1.63. The minimum absolute atomic E-state index is 0.0203. The Labute approximate surface area is 122 Å². The normalized spacial score (nSPS) is 9.95. The van der Waals surface area contributed by atoms with Gasteiger partial charge >= 0.3 is 5.97 Å². The van der Waals surface area contributed by atoms with Crippen molar-refractivity contribution in [2.24, 2.45) is 5.73 Å². The molecule has 1 aromatic rings. The molecule has 0 atom stereocenters. The molecule has 114 valence electrons. The number of primary amides is 1. The van der Waals surface area contributed by atoms with Crippen LogP contribution in [0.5, 0.6) is 0 Å². The van der Waals surface area contributed by atoms with Crippen LogP contribution in [0.25, 0.3) is 0 Å². The predicted molar refractivity (Wildman–Crippen MR) is 77.7 cm³/mol. The van der Waals surface area contributed by atoms with Crippen molar-refractivity contribution in [1.82, 2.24) is 5.32 Å². The van der Waals surface area contributed by atoms with Gasteiger partial charge in [-0.1, -0.05) is 12.1 Å². The van der Waals surface area contributed by atoms with Crippen LogP contribution in [0.15, 0.2) is 24.3 Å². The minimum Gasteiger partial charge on any atom is -0.466 e. The minimum atomic E-state index is -0.610. The first-order valence-corrected chi connectivity index (χ1v) is 6.59. The number of hydrogen-bond donors (Lipinski definition) is 3. The maximum absolute atomic E-state index is 11.7. The lowest BCUT2D eigenvalue weighted by atomic mass is 10.1. The molecule has 0 radical (unpaired) electrons. The number of esters is 1. The van der Waals surface area contributed by atoms with Gasteiger partial charge in [0.15, 0.2) is 0 Å². The first kappa shape index (κ1) is 16.6. The third-order valence-corrected chi connectivity index (χ3v) is 2.56. The SMILES string of the molecule is CCOC(=O)CCNCC(=O)Nc1ccccc1C(N)=O. The van der Waals surface area contributed by atoms with Crippen LogP contribution >= 0.6 is 0 Å². The number of nitrogens with two attached hydrogens (primary N) is 1. The Kier molecular flexibility index (Phi) is 6.90. The highest BCUT2D eigenvalue weighted by Crippen LogP contribution is 2.13. The van der Waals surface area contributed by atoms with Crippen LogP contribution in [-0.4, -0.2) is 37.5 Å². The highest BCUT2D eigenvalue weighted by molar-refractivity contribution is 6.03. The van der Waals surface area contributed by atoms with E-state index in [0.717, 1.165) is 0 Å². The van der Waals surface area contributed by atoms with Crippen LogP contribution < -0.4 is 16.4 Å². The van der Waals surface area contributed by atoms with Crippen molar-refractivity contribution in [3.8, 4) is 0 Å². The van der Waals surface area contributed by atoms with Gasteiger partial charge in [0.25, 0.3) is 5.91 Å². The summed E-state index contributed by atoms with van der Waals surface area (Å²) in [6.45, 7) is 2.42. The molecule has 0 saturated heterocycles. The van der Waals surface area contributed by atoms with E-state index >= 15 is 0 Å². The van der Waals surface area contributed by atoms with Crippen molar-refractivity contribution >= 4 is 23.5 Å². The molecule has 0 aliphatic carbocycles. The van der Waals surface area contributed by atoms with Crippen molar-refractivity contribution in [2.75, 3.05) is 25.0 Å². The number of anilines is 1. The molecule has 0 aliphatic rings. The molecule has 4 N–H and O–H groups in total. The third-order valence-electron chi connectivity index (χ3n) is 2.56. The van der Waals surface area contributed by atoms with Gasteiger partial charge in [0.05, 0.1) is 30.8 Å². The van der Waals surface area contributed by atoms with E-state index in [-0.39, 0.29) is 30.4 Å². The van der Waals surface area contributed by atoms with Gasteiger partial charge in [0.2, 0.25) is 5.91 Å². The van der Waals surface area contributed by atoms with Gasteiger partial charge < -0.3 is 21.1 Å². The second-order valence-corrected chi connectivity index (χ2v) is 4.19. The molecule has 7 nitrogen and oxygen atoms in total. The van der Waals surface area contributed by atoms with Crippen LogP contribution in [0.3, 0.4) is 0 Å². The quantitative estimate of drug-likeness (QED) is 0.470. The Bertz CT molecular complexity index is 517. The Balaban J connectivity index is 2.38. The number of ether oxygens (including phenoxy) is 1.